The van der Waals surface area contributed by atoms with E-state index in [1.165, 1.54) is 0 Å². The summed E-state index contributed by atoms with van der Waals surface area (Å²) >= 11 is 0. The molecule has 0 fully saturated rings. The van der Waals surface area contributed by atoms with E-state index in [0.29, 0.717) is 70.5 Å². The van der Waals surface area contributed by atoms with Gasteiger partial charge in [-0.05, 0) is 73.0 Å². The van der Waals surface area contributed by atoms with Crippen molar-refractivity contribution in [3.8, 4) is 62.8 Å². The highest BCUT2D eigenvalue weighted by atomic mass is 16.5. The van der Waals surface area contributed by atoms with Gasteiger partial charge in [0, 0.05) is 22.9 Å². The Morgan fingerprint density at radius 3 is 1.94 bits per heavy atom. The zero-order valence-corrected chi connectivity index (χ0v) is 30.7. The molecular formula is C41H45N3O9. The van der Waals surface area contributed by atoms with E-state index < -0.39 is 0 Å². The molecule has 53 heavy (non-hydrogen) atoms. The number of amides is 1. The molecule has 0 aliphatic carbocycles. The fourth-order valence-corrected chi connectivity index (χ4v) is 6.17. The molecule has 1 aliphatic rings. The van der Waals surface area contributed by atoms with Gasteiger partial charge >= 0.3 is 0 Å². The summed E-state index contributed by atoms with van der Waals surface area (Å²) in [5.74, 6) is 4.60. The van der Waals surface area contributed by atoms with E-state index >= 15 is 0 Å². The predicted molar refractivity (Wildman–Crippen MR) is 201 cm³/mol. The number of rotatable bonds is 18. The van der Waals surface area contributed by atoms with Gasteiger partial charge in [-0.3, -0.25) is 4.79 Å². The van der Waals surface area contributed by atoms with Crippen molar-refractivity contribution in [3.63, 3.8) is 0 Å². The first-order valence-corrected chi connectivity index (χ1v) is 17.5. The number of para-hydroxylation sites is 1. The molecule has 4 aromatic carbocycles. The Labute approximate surface area is 309 Å². The fourth-order valence-electron chi connectivity index (χ4n) is 6.17. The lowest BCUT2D eigenvalue weighted by molar-refractivity contribution is 0.0935. The third kappa shape index (κ3) is 8.54. The standard InChI is InChI=1S/C41H45N3O9/c1-46-32-17-15-26(34-25-31(44-53-34)28-23-37(48-3)39(50-5)38(24-28)49-4)21-36(32)52-20-12-8-6-7-11-19-51-33-18-16-27(22-35(33)47-2)40-42-30-14-10-9-13-29(30)41(45)43-40/h9-10,13-18,21-25,40,42H,6-8,11-12,19-20H2,1-5H3,(H,43,45). The number of hydrogen-bond donors (Lipinski definition) is 2. The molecule has 278 valence electrons. The molecule has 2 N–H and O–H groups in total. The van der Waals surface area contributed by atoms with Crippen LogP contribution in [-0.4, -0.2) is 59.8 Å². The summed E-state index contributed by atoms with van der Waals surface area (Å²) < 4.78 is 45.5. The van der Waals surface area contributed by atoms with Crippen molar-refractivity contribution < 1.29 is 42.5 Å². The van der Waals surface area contributed by atoms with Gasteiger partial charge in [-0.15, -0.1) is 0 Å². The van der Waals surface area contributed by atoms with E-state index in [-0.39, 0.29) is 12.1 Å². The van der Waals surface area contributed by atoms with Crippen molar-refractivity contribution in [2.45, 2.75) is 38.3 Å². The third-order valence-electron chi connectivity index (χ3n) is 8.99. The predicted octanol–water partition coefficient (Wildman–Crippen LogP) is 8.31. The average molecular weight is 724 g/mol. The van der Waals surface area contributed by atoms with E-state index in [9.17, 15) is 4.79 Å². The highest BCUT2D eigenvalue weighted by Crippen LogP contribution is 2.42. The maximum atomic E-state index is 12.6. The van der Waals surface area contributed by atoms with Crippen LogP contribution in [0, 0.1) is 0 Å². The number of ether oxygens (including phenoxy) is 7. The molecule has 0 radical (unpaired) electrons. The van der Waals surface area contributed by atoms with Crippen LogP contribution in [0.4, 0.5) is 5.69 Å². The van der Waals surface area contributed by atoms with Crippen molar-refractivity contribution in [2.24, 2.45) is 0 Å². The van der Waals surface area contributed by atoms with Gasteiger partial charge < -0.3 is 48.3 Å². The van der Waals surface area contributed by atoms with Gasteiger partial charge in [-0.2, -0.15) is 0 Å². The summed E-state index contributed by atoms with van der Waals surface area (Å²) in [7, 11) is 7.95. The number of methoxy groups -OCH3 is 5. The summed E-state index contributed by atoms with van der Waals surface area (Å²) in [5.41, 5.74) is 4.49. The van der Waals surface area contributed by atoms with Crippen molar-refractivity contribution in [1.29, 1.82) is 0 Å². The molecule has 1 amide bonds. The number of carbonyl (C=O) groups is 1. The highest BCUT2D eigenvalue weighted by molar-refractivity contribution is 6.01. The van der Waals surface area contributed by atoms with Crippen LogP contribution in [0.5, 0.6) is 40.2 Å². The number of unbranched alkanes of at least 4 members (excludes halogenated alkanes) is 4. The zero-order valence-electron chi connectivity index (χ0n) is 30.7. The lowest BCUT2D eigenvalue weighted by atomic mass is 10.1. The second kappa shape index (κ2) is 17.5. The Kier molecular flexibility index (Phi) is 12.1. The molecule has 2 heterocycles. The molecular weight excluding hydrogens is 678 g/mol. The lowest BCUT2D eigenvalue weighted by Crippen LogP contribution is -2.38. The summed E-state index contributed by atoms with van der Waals surface area (Å²) in [6.45, 7) is 1.12. The normalized spacial score (nSPS) is 13.3. The van der Waals surface area contributed by atoms with Crippen LogP contribution in [0.1, 0.15) is 54.2 Å². The van der Waals surface area contributed by atoms with Gasteiger partial charge in [0.05, 0.1) is 54.3 Å². The van der Waals surface area contributed by atoms with Crippen LogP contribution in [0.3, 0.4) is 0 Å². The first-order valence-electron chi connectivity index (χ1n) is 17.5. The monoisotopic (exact) mass is 723 g/mol. The Morgan fingerprint density at radius 1 is 0.604 bits per heavy atom. The van der Waals surface area contributed by atoms with Gasteiger partial charge in [0.2, 0.25) is 5.75 Å². The topological polar surface area (TPSA) is 132 Å². The number of anilines is 1. The molecule has 0 saturated heterocycles. The van der Waals surface area contributed by atoms with E-state index in [1.54, 1.807) is 41.6 Å². The Hall–Kier alpha value is -6.04. The van der Waals surface area contributed by atoms with Crippen LogP contribution in [-0.2, 0) is 0 Å². The minimum Gasteiger partial charge on any atom is -0.493 e. The Morgan fingerprint density at radius 2 is 1.25 bits per heavy atom. The highest BCUT2D eigenvalue weighted by Gasteiger charge is 2.25. The molecule has 0 saturated carbocycles. The first-order chi connectivity index (χ1) is 26.0. The fraction of sp³-hybridized carbons (Fsp3) is 0.317. The molecule has 12 nitrogen and oxygen atoms in total. The summed E-state index contributed by atoms with van der Waals surface area (Å²) in [4.78, 5) is 12.6. The van der Waals surface area contributed by atoms with Gasteiger partial charge in [-0.25, -0.2) is 0 Å². The number of fused-ring (bicyclic) bond motifs is 1. The average Bonchev–Trinajstić information content (AvgIpc) is 3.70. The van der Waals surface area contributed by atoms with Gasteiger partial charge in [0.15, 0.2) is 40.3 Å². The molecule has 1 aliphatic heterocycles. The zero-order chi connectivity index (χ0) is 37.2. The molecule has 0 spiro atoms. The summed E-state index contributed by atoms with van der Waals surface area (Å²) in [5, 5.41) is 10.7. The van der Waals surface area contributed by atoms with Crippen molar-refractivity contribution in [2.75, 3.05) is 54.1 Å². The van der Waals surface area contributed by atoms with Crippen molar-refractivity contribution in [1.82, 2.24) is 10.5 Å². The van der Waals surface area contributed by atoms with E-state index in [1.807, 2.05) is 72.8 Å². The largest absolute Gasteiger partial charge is 0.493 e. The van der Waals surface area contributed by atoms with E-state index in [2.05, 4.69) is 15.8 Å². The van der Waals surface area contributed by atoms with Crippen molar-refractivity contribution >= 4 is 11.6 Å². The summed E-state index contributed by atoms with van der Waals surface area (Å²) in [6.07, 6.45) is 4.54. The SMILES string of the molecule is COc1cc(C2NC(=O)c3ccccc3N2)ccc1OCCCCCCCOc1cc(-c2cc(-c3cc(OC)c(OC)c(OC)c3)no2)ccc1OC. The molecule has 6 rings (SSSR count). The van der Waals surface area contributed by atoms with Gasteiger partial charge in [-0.1, -0.05) is 42.6 Å². The second-order valence-electron chi connectivity index (χ2n) is 12.3. The molecule has 0 bridgehead atoms. The molecule has 1 atom stereocenters. The minimum atomic E-state index is -0.363. The maximum Gasteiger partial charge on any atom is 0.255 e. The number of hydrogen-bond acceptors (Lipinski definition) is 11. The maximum absolute atomic E-state index is 12.6. The Bertz CT molecular complexity index is 1990. The van der Waals surface area contributed by atoms with Gasteiger partial charge in [0.25, 0.3) is 5.91 Å². The van der Waals surface area contributed by atoms with Crippen LogP contribution in [0.15, 0.2) is 83.4 Å². The smallest absolute Gasteiger partial charge is 0.255 e. The first kappa shape index (κ1) is 36.7. The summed E-state index contributed by atoms with van der Waals surface area (Å²) in [6, 6.07) is 24.4. The molecule has 12 heteroatoms. The van der Waals surface area contributed by atoms with E-state index in [0.717, 1.165) is 54.5 Å². The molecule has 5 aromatic rings. The lowest BCUT2D eigenvalue weighted by Gasteiger charge is -2.28. The number of carbonyl (C=O) groups excluding carboxylic acids is 1. The number of benzene rings is 4. The van der Waals surface area contributed by atoms with Crippen molar-refractivity contribution in [3.05, 3.63) is 90.0 Å². The van der Waals surface area contributed by atoms with Crippen LogP contribution in [0.25, 0.3) is 22.6 Å². The van der Waals surface area contributed by atoms with E-state index in [4.69, 9.17) is 37.7 Å². The number of aromatic nitrogens is 1. The van der Waals surface area contributed by atoms with Crippen LogP contribution >= 0.6 is 0 Å². The number of nitrogens with one attached hydrogen (secondary N) is 2. The quantitative estimate of drug-likeness (QED) is 0.0846. The number of nitrogens with zero attached hydrogens (tertiary/aromatic N) is 1. The van der Waals surface area contributed by atoms with Crippen LogP contribution in [0.2, 0.25) is 0 Å². The molecule has 1 unspecified atom stereocenters. The minimum absolute atomic E-state index is 0.114. The van der Waals surface area contributed by atoms with Gasteiger partial charge in [0.1, 0.15) is 11.9 Å². The van der Waals surface area contributed by atoms with Crippen LogP contribution < -0.4 is 43.8 Å². The molecule has 1 aromatic heterocycles. The third-order valence-corrected chi connectivity index (χ3v) is 8.99. The Balaban J connectivity index is 0.948. The second-order valence-corrected chi connectivity index (χ2v) is 12.3.